The highest BCUT2D eigenvalue weighted by Crippen LogP contribution is 2.21. The number of benzene rings is 2. The lowest BCUT2D eigenvalue weighted by Gasteiger charge is -2.22. The first-order chi connectivity index (χ1) is 9.81. The van der Waals surface area contributed by atoms with Crippen LogP contribution in [-0.4, -0.2) is 18.0 Å². The van der Waals surface area contributed by atoms with Crippen molar-refractivity contribution in [1.82, 2.24) is 0 Å². The summed E-state index contributed by atoms with van der Waals surface area (Å²) in [5.74, 6) is 0.280. The largest absolute Gasteiger partial charge is 0.508 e. The molecule has 0 aliphatic carbocycles. The summed E-state index contributed by atoms with van der Waals surface area (Å²) in [6, 6.07) is 17.5. The summed E-state index contributed by atoms with van der Waals surface area (Å²) in [6.45, 7) is 0.614. The molecule has 100 valence electrons. The van der Waals surface area contributed by atoms with E-state index in [2.05, 4.69) is 28.2 Å². The minimum atomic E-state index is 0.280. The summed E-state index contributed by atoms with van der Waals surface area (Å²) in [5.41, 5.74) is 3.48. The van der Waals surface area contributed by atoms with Crippen LogP contribution in [0, 0.1) is 0 Å². The van der Waals surface area contributed by atoms with Gasteiger partial charge in [0.1, 0.15) is 12.4 Å². The molecule has 2 aromatic carbocycles. The van der Waals surface area contributed by atoms with Crippen LogP contribution in [0.25, 0.3) is 0 Å². The molecule has 0 atom stereocenters. The van der Waals surface area contributed by atoms with Crippen molar-refractivity contribution in [3.05, 3.63) is 71.9 Å². The summed E-state index contributed by atoms with van der Waals surface area (Å²) >= 11 is 0. The molecule has 1 aliphatic rings. The van der Waals surface area contributed by atoms with Gasteiger partial charge in [0.15, 0.2) is 0 Å². The Labute approximate surface area is 118 Å². The Kier molecular flexibility index (Phi) is 3.50. The monoisotopic (exact) mass is 264 g/mol. The van der Waals surface area contributed by atoms with Crippen LogP contribution in [0.1, 0.15) is 5.56 Å². The van der Waals surface area contributed by atoms with Crippen LogP contribution in [0.5, 0.6) is 5.75 Å². The predicted molar refractivity (Wildman–Crippen MR) is 82.2 cm³/mol. The van der Waals surface area contributed by atoms with E-state index in [1.165, 1.54) is 11.1 Å². The molecule has 0 fully saturated rings. The second kappa shape index (κ2) is 5.61. The summed E-state index contributed by atoms with van der Waals surface area (Å²) in [6.07, 6.45) is 4.93. The van der Waals surface area contributed by atoms with Gasteiger partial charge in [0.05, 0.1) is 0 Å². The Bertz CT molecular complexity index is 630. The van der Waals surface area contributed by atoms with Crippen molar-refractivity contribution in [1.29, 1.82) is 0 Å². The molecule has 0 saturated carbocycles. The van der Waals surface area contributed by atoms with Gasteiger partial charge in [0.2, 0.25) is 0 Å². The summed E-state index contributed by atoms with van der Waals surface area (Å²) in [7, 11) is 0. The predicted octanol–water partition coefficient (Wildman–Crippen LogP) is 3.37. The summed E-state index contributed by atoms with van der Waals surface area (Å²) in [5, 5.41) is 9.34. The zero-order valence-corrected chi connectivity index (χ0v) is 11.1. The summed E-state index contributed by atoms with van der Waals surface area (Å²) < 4.78 is 0. The number of nitrogens with zero attached hydrogens (tertiary/aromatic N) is 2. The zero-order valence-electron chi connectivity index (χ0n) is 11.1. The van der Waals surface area contributed by atoms with E-state index < -0.39 is 0 Å². The third kappa shape index (κ3) is 2.88. The highest BCUT2D eigenvalue weighted by atomic mass is 16.3. The van der Waals surface area contributed by atoms with Gasteiger partial charge in [0.25, 0.3) is 0 Å². The Hall–Kier alpha value is -2.55. The number of allylic oxidation sites excluding steroid dienone is 1. The molecule has 0 radical (unpaired) electrons. The maximum atomic E-state index is 9.34. The van der Waals surface area contributed by atoms with E-state index >= 15 is 0 Å². The van der Waals surface area contributed by atoms with Gasteiger partial charge in [-0.2, -0.15) is 0 Å². The minimum absolute atomic E-state index is 0.280. The number of aromatic hydroxyl groups is 1. The second-order valence-corrected chi connectivity index (χ2v) is 4.81. The van der Waals surface area contributed by atoms with Crippen molar-refractivity contribution in [2.45, 2.75) is 6.42 Å². The molecule has 0 saturated heterocycles. The van der Waals surface area contributed by atoms with Crippen molar-refractivity contribution in [3.63, 3.8) is 0 Å². The van der Waals surface area contributed by atoms with E-state index in [0.29, 0.717) is 6.67 Å². The first-order valence-electron chi connectivity index (χ1n) is 6.61. The van der Waals surface area contributed by atoms with Gasteiger partial charge in [-0.1, -0.05) is 30.3 Å². The molecule has 0 spiro atoms. The highest BCUT2D eigenvalue weighted by Gasteiger charge is 2.09. The lowest BCUT2D eigenvalue weighted by atomic mass is 10.1. The lowest BCUT2D eigenvalue weighted by Crippen LogP contribution is -2.21. The Morgan fingerprint density at radius 1 is 1.00 bits per heavy atom. The van der Waals surface area contributed by atoms with E-state index in [-0.39, 0.29) is 5.75 Å². The average molecular weight is 264 g/mol. The molecular formula is C17H16N2O. The van der Waals surface area contributed by atoms with Crippen molar-refractivity contribution in [2.24, 2.45) is 4.99 Å². The lowest BCUT2D eigenvalue weighted by molar-refractivity contribution is 0.475. The molecule has 0 unspecified atom stereocenters. The van der Waals surface area contributed by atoms with E-state index in [0.717, 1.165) is 12.1 Å². The van der Waals surface area contributed by atoms with Crippen LogP contribution in [0.3, 0.4) is 0 Å². The number of hydrogen-bond donors (Lipinski definition) is 1. The molecular weight excluding hydrogens is 248 g/mol. The first-order valence-corrected chi connectivity index (χ1v) is 6.61. The second-order valence-electron chi connectivity index (χ2n) is 4.81. The fourth-order valence-corrected chi connectivity index (χ4v) is 2.24. The van der Waals surface area contributed by atoms with Crippen LogP contribution < -0.4 is 4.90 Å². The molecule has 20 heavy (non-hydrogen) atoms. The number of rotatable bonds is 3. The van der Waals surface area contributed by atoms with Gasteiger partial charge in [-0.05, 0) is 35.4 Å². The van der Waals surface area contributed by atoms with Crippen LogP contribution in [0.4, 0.5) is 5.69 Å². The van der Waals surface area contributed by atoms with E-state index in [1.54, 1.807) is 12.1 Å². The first kappa shape index (κ1) is 12.5. The molecule has 1 heterocycles. The standard InChI is InChI=1S/C17H16N2O/c20-17-8-6-16(7-9-17)19-12-15(11-18-13-19)10-14-4-2-1-3-5-14/h1-9,11-12,20H,10,13H2. The van der Waals surface area contributed by atoms with Crippen LogP contribution in [0.15, 0.2) is 71.4 Å². The van der Waals surface area contributed by atoms with Gasteiger partial charge >= 0.3 is 0 Å². The van der Waals surface area contributed by atoms with Gasteiger partial charge in [-0.3, -0.25) is 4.99 Å². The van der Waals surface area contributed by atoms with Gasteiger partial charge in [-0.15, -0.1) is 0 Å². The Balaban J connectivity index is 1.78. The Morgan fingerprint density at radius 3 is 2.50 bits per heavy atom. The molecule has 0 bridgehead atoms. The Morgan fingerprint density at radius 2 is 1.75 bits per heavy atom. The fourth-order valence-electron chi connectivity index (χ4n) is 2.24. The van der Waals surface area contributed by atoms with Crippen molar-refractivity contribution in [3.8, 4) is 5.75 Å². The number of anilines is 1. The smallest absolute Gasteiger partial charge is 0.115 e. The topological polar surface area (TPSA) is 35.8 Å². The number of phenols is 1. The van der Waals surface area contributed by atoms with E-state index in [1.807, 2.05) is 36.5 Å². The zero-order chi connectivity index (χ0) is 13.8. The van der Waals surface area contributed by atoms with Gasteiger partial charge in [-0.25, -0.2) is 0 Å². The molecule has 0 aromatic heterocycles. The quantitative estimate of drug-likeness (QED) is 0.922. The van der Waals surface area contributed by atoms with Crippen LogP contribution >= 0.6 is 0 Å². The number of hydrogen-bond acceptors (Lipinski definition) is 3. The maximum Gasteiger partial charge on any atom is 0.115 e. The number of phenolic OH excluding ortho intramolecular Hbond substituents is 1. The molecule has 0 amide bonds. The molecule has 3 rings (SSSR count). The van der Waals surface area contributed by atoms with Crippen molar-refractivity contribution < 1.29 is 5.11 Å². The highest BCUT2D eigenvalue weighted by molar-refractivity contribution is 5.81. The minimum Gasteiger partial charge on any atom is -0.508 e. The van der Waals surface area contributed by atoms with E-state index in [9.17, 15) is 5.11 Å². The van der Waals surface area contributed by atoms with Crippen LogP contribution in [-0.2, 0) is 6.42 Å². The summed E-state index contributed by atoms with van der Waals surface area (Å²) in [4.78, 5) is 6.49. The van der Waals surface area contributed by atoms with Gasteiger partial charge < -0.3 is 10.0 Å². The average Bonchev–Trinajstić information content (AvgIpc) is 2.49. The molecule has 3 heteroatoms. The molecule has 1 N–H and O–H groups in total. The van der Waals surface area contributed by atoms with Crippen molar-refractivity contribution in [2.75, 3.05) is 11.6 Å². The fraction of sp³-hybridized carbons (Fsp3) is 0.118. The maximum absolute atomic E-state index is 9.34. The normalized spacial score (nSPS) is 14.2. The molecule has 2 aromatic rings. The van der Waals surface area contributed by atoms with Crippen LogP contribution in [0.2, 0.25) is 0 Å². The number of aliphatic imine (C=N–C) groups is 1. The molecule has 1 aliphatic heterocycles. The third-order valence-corrected chi connectivity index (χ3v) is 3.25. The SMILES string of the molecule is Oc1ccc(N2C=C(Cc3ccccc3)C=NC2)cc1. The van der Waals surface area contributed by atoms with E-state index in [4.69, 9.17) is 0 Å². The van der Waals surface area contributed by atoms with Gasteiger partial charge in [0, 0.05) is 24.5 Å². The third-order valence-electron chi connectivity index (χ3n) is 3.25. The van der Waals surface area contributed by atoms with Crippen molar-refractivity contribution >= 4 is 11.9 Å². The molecule has 3 nitrogen and oxygen atoms in total.